The van der Waals surface area contributed by atoms with Gasteiger partial charge in [-0.15, -0.1) is 0 Å². The molecule has 1 aliphatic rings. The fraction of sp³-hybridized carbons (Fsp3) is 0.353. The fourth-order valence-corrected chi connectivity index (χ4v) is 2.82. The average molecular weight is 345 g/mol. The Morgan fingerprint density at radius 3 is 2.84 bits per heavy atom. The molecule has 2 aromatic rings. The van der Waals surface area contributed by atoms with E-state index >= 15 is 0 Å². The molecule has 8 nitrogen and oxygen atoms in total. The first kappa shape index (κ1) is 17.0. The zero-order valence-electron chi connectivity index (χ0n) is 13.8. The number of hydrogen-bond donors (Lipinski definition) is 2. The van der Waals surface area contributed by atoms with Crippen molar-refractivity contribution in [2.75, 3.05) is 26.8 Å². The van der Waals surface area contributed by atoms with Crippen molar-refractivity contribution in [1.82, 2.24) is 15.1 Å². The van der Waals surface area contributed by atoms with Crippen LogP contribution in [0.4, 0.5) is 0 Å². The number of nitrogens with one attached hydrogen (secondary N) is 1. The Morgan fingerprint density at radius 2 is 2.16 bits per heavy atom. The normalized spacial score (nSPS) is 17.3. The molecule has 0 radical (unpaired) electrons. The predicted molar refractivity (Wildman–Crippen MR) is 88.5 cm³/mol. The lowest BCUT2D eigenvalue weighted by Gasteiger charge is -2.32. The second-order valence-electron chi connectivity index (χ2n) is 5.73. The lowest BCUT2D eigenvalue weighted by Crippen LogP contribution is -2.46. The van der Waals surface area contributed by atoms with E-state index in [1.807, 2.05) is 24.3 Å². The highest BCUT2D eigenvalue weighted by atomic mass is 16.5. The number of carbonyl (C=O) groups is 2. The molecule has 1 fully saturated rings. The van der Waals surface area contributed by atoms with E-state index in [0.29, 0.717) is 24.4 Å². The van der Waals surface area contributed by atoms with Crippen molar-refractivity contribution in [3.05, 3.63) is 36.0 Å². The molecular weight excluding hydrogens is 326 g/mol. The van der Waals surface area contributed by atoms with E-state index in [4.69, 9.17) is 14.6 Å². The van der Waals surface area contributed by atoms with Crippen LogP contribution in [-0.2, 0) is 9.53 Å². The van der Waals surface area contributed by atoms with Crippen LogP contribution in [0.1, 0.15) is 16.8 Å². The number of aliphatic carboxylic acids is 1. The predicted octanol–water partition coefficient (Wildman–Crippen LogP) is 1.40. The fourth-order valence-electron chi connectivity index (χ4n) is 2.82. The van der Waals surface area contributed by atoms with E-state index in [0.717, 1.165) is 11.3 Å². The van der Waals surface area contributed by atoms with Crippen molar-refractivity contribution in [2.24, 2.45) is 0 Å². The Labute approximate surface area is 144 Å². The number of methoxy groups -OCH3 is 1. The Bertz CT molecular complexity index is 756. The summed E-state index contributed by atoms with van der Waals surface area (Å²) >= 11 is 0. The summed E-state index contributed by atoms with van der Waals surface area (Å²) in [7, 11) is 1.59. The molecule has 2 heterocycles. The number of carboxylic acids is 1. The van der Waals surface area contributed by atoms with Crippen LogP contribution in [-0.4, -0.2) is 65.0 Å². The smallest absolute Gasteiger partial charge is 0.306 e. The lowest BCUT2D eigenvalue weighted by atomic mass is 10.1. The van der Waals surface area contributed by atoms with Gasteiger partial charge in [-0.05, 0) is 24.3 Å². The Hall–Kier alpha value is -2.87. The summed E-state index contributed by atoms with van der Waals surface area (Å²) in [4.78, 5) is 25.3. The first-order valence-corrected chi connectivity index (χ1v) is 7.89. The van der Waals surface area contributed by atoms with Crippen LogP contribution < -0.4 is 4.74 Å². The molecule has 132 valence electrons. The average Bonchev–Trinajstić information content (AvgIpc) is 3.10. The van der Waals surface area contributed by atoms with Crippen molar-refractivity contribution in [3.63, 3.8) is 0 Å². The number of hydrogen-bond acceptors (Lipinski definition) is 5. The molecule has 1 unspecified atom stereocenters. The summed E-state index contributed by atoms with van der Waals surface area (Å²) in [6.45, 7) is 0.986. The molecule has 0 saturated carbocycles. The van der Waals surface area contributed by atoms with E-state index in [2.05, 4.69) is 10.2 Å². The minimum absolute atomic E-state index is 0.125. The maximum absolute atomic E-state index is 12.8. The van der Waals surface area contributed by atoms with Gasteiger partial charge in [0.25, 0.3) is 5.91 Å². The number of H-pyrrole nitrogens is 1. The van der Waals surface area contributed by atoms with Gasteiger partial charge in [-0.2, -0.15) is 5.10 Å². The lowest BCUT2D eigenvalue weighted by molar-refractivity contribution is -0.141. The summed E-state index contributed by atoms with van der Waals surface area (Å²) in [6, 6.07) is 7.30. The van der Waals surface area contributed by atoms with Crippen molar-refractivity contribution in [1.29, 1.82) is 0 Å². The Morgan fingerprint density at radius 1 is 1.40 bits per heavy atom. The van der Waals surface area contributed by atoms with Crippen LogP contribution in [0.2, 0.25) is 0 Å². The molecular formula is C17H19N3O5. The van der Waals surface area contributed by atoms with Gasteiger partial charge in [0.1, 0.15) is 5.75 Å². The number of morpholine rings is 1. The molecule has 1 aliphatic heterocycles. The van der Waals surface area contributed by atoms with Crippen molar-refractivity contribution >= 4 is 11.9 Å². The van der Waals surface area contributed by atoms with Crippen molar-refractivity contribution in [3.8, 4) is 17.0 Å². The third kappa shape index (κ3) is 3.80. The number of carbonyl (C=O) groups excluding carboxylic acids is 1. The number of benzene rings is 1. The zero-order chi connectivity index (χ0) is 17.8. The number of rotatable bonds is 5. The van der Waals surface area contributed by atoms with E-state index < -0.39 is 12.1 Å². The monoisotopic (exact) mass is 345 g/mol. The maximum Gasteiger partial charge on any atom is 0.306 e. The highest BCUT2D eigenvalue weighted by Crippen LogP contribution is 2.25. The standard InChI is InChI=1S/C17H19N3O5/c1-24-12-4-2-11(3-5-12)16-14(9-18-19-16)17(23)20-6-7-25-13(10-20)8-15(21)22/h2-5,9,13H,6-8,10H2,1H3,(H,18,19)(H,21,22). The maximum atomic E-state index is 12.8. The molecule has 1 saturated heterocycles. The van der Waals surface area contributed by atoms with Gasteiger partial charge in [0.05, 0.1) is 43.7 Å². The van der Waals surface area contributed by atoms with Crippen LogP contribution in [0.3, 0.4) is 0 Å². The van der Waals surface area contributed by atoms with Crippen LogP contribution >= 0.6 is 0 Å². The van der Waals surface area contributed by atoms with E-state index in [1.165, 1.54) is 6.20 Å². The highest BCUT2D eigenvalue weighted by molar-refractivity contribution is 5.99. The molecule has 0 spiro atoms. The van der Waals surface area contributed by atoms with Crippen molar-refractivity contribution in [2.45, 2.75) is 12.5 Å². The second-order valence-corrected chi connectivity index (χ2v) is 5.73. The number of aromatic amines is 1. The number of nitrogens with zero attached hydrogens (tertiary/aromatic N) is 2. The van der Waals surface area contributed by atoms with Crippen LogP contribution in [0.5, 0.6) is 5.75 Å². The van der Waals surface area contributed by atoms with Crippen LogP contribution in [0.15, 0.2) is 30.5 Å². The minimum Gasteiger partial charge on any atom is -0.497 e. The summed E-state index contributed by atoms with van der Waals surface area (Å²) in [6.07, 6.45) is 0.871. The molecule has 0 aliphatic carbocycles. The number of carboxylic acid groups (broad SMARTS) is 1. The van der Waals surface area contributed by atoms with Gasteiger partial charge in [0.15, 0.2) is 0 Å². The zero-order valence-corrected chi connectivity index (χ0v) is 13.8. The molecule has 25 heavy (non-hydrogen) atoms. The minimum atomic E-state index is -0.943. The second kappa shape index (κ2) is 7.35. The van der Waals surface area contributed by atoms with Crippen molar-refractivity contribution < 1.29 is 24.2 Å². The molecule has 1 amide bonds. The van der Waals surface area contributed by atoms with E-state index in [1.54, 1.807) is 12.0 Å². The first-order valence-electron chi connectivity index (χ1n) is 7.89. The molecule has 2 N–H and O–H groups in total. The van der Waals surface area contributed by atoms with Gasteiger partial charge < -0.3 is 19.5 Å². The molecule has 3 rings (SSSR count). The summed E-state index contributed by atoms with van der Waals surface area (Å²) < 4.78 is 10.6. The van der Waals surface area contributed by atoms with E-state index in [9.17, 15) is 9.59 Å². The molecule has 1 aromatic heterocycles. The summed E-state index contributed by atoms with van der Waals surface area (Å²) in [5.74, 6) is -0.416. The third-order valence-electron chi connectivity index (χ3n) is 4.08. The summed E-state index contributed by atoms with van der Waals surface area (Å²) in [5.41, 5.74) is 1.88. The number of aromatic nitrogens is 2. The quantitative estimate of drug-likeness (QED) is 0.849. The first-order chi connectivity index (χ1) is 12.1. The topological polar surface area (TPSA) is 105 Å². The van der Waals surface area contributed by atoms with Crippen LogP contribution in [0, 0.1) is 0 Å². The van der Waals surface area contributed by atoms with Gasteiger partial charge in [-0.25, -0.2) is 0 Å². The van der Waals surface area contributed by atoms with Gasteiger partial charge in [0.2, 0.25) is 0 Å². The van der Waals surface area contributed by atoms with Gasteiger partial charge >= 0.3 is 5.97 Å². The van der Waals surface area contributed by atoms with Gasteiger partial charge in [-0.1, -0.05) is 0 Å². The number of amides is 1. The molecule has 1 aromatic carbocycles. The SMILES string of the molecule is COc1ccc(-c2[nH]ncc2C(=O)N2CCOC(CC(=O)O)C2)cc1. The van der Waals surface area contributed by atoms with Gasteiger partial charge in [-0.3, -0.25) is 14.7 Å². The highest BCUT2D eigenvalue weighted by Gasteiger charge is 2.28. The van der Waals surface area contributed by atoms with Gasteiger partial charge in [0, 0.05) is 18.7 Å². The van der Waals surface area contributed by atoms with E-state index in [-0.39, 0.29) is 18.9 Å². The number of ether oxygens (including phenoxy) is 2. The molecule has 0 bridgehead atoms. The largest absolute Gasteiger partial charge is 0.497 e. The van der Waals surface area contributed by atoms with Crippen LogP contribution in [0.25, 0.3) is 11.3 Å². The third-order valence-corrected chi connectivity index (χ3v) is 4.08. The molecule has 1 atom stereocenters. The Balaban J connectivity index is 1.78. The molecule has 8 heteroatoms. The Kier molecular flexibility index (Phi) is 4.99. The summed E-state index contributed by atoms with van der Waals surface area (Å²) in [5, 5.41) is 15.8.